The van der Waals surface area contributed by atoms with Crippen LogP contribution in [0, 0.1) is 11.3 Å². The molecule has 0 spiro atoms. The standard InChI is InChI=1S/C9H17NO2/c1-3-9(2)6-10-5-4-7(9)8(11)12/h7,10H,3-6H2,1-2H3,(H,11,12). The summed E-state index contributed by atoms with van der Waals surface area (Å²) in [6.45, 7) is 5.79. The molecule has 2 unspecified atom stereocenters. The number of hydrogen-bond acceptors (Lipinski definition) is 2. The average Bonchev–Trinajstić information content (AvgIpc) is 2.05. The number of aliphatic carboxylic acids is 1. The first-order valence-electron chi connectivity index (χ1n) is 4.53. The largest absolute Gasteiger partial charge is 0.481 e. The van der Waals surface area contributed by atoms with E-state index in [1.807, 2.05) is 0 Å². The van der Waals surface area contributed by atoms with Crippen molar-refractivity contribution in [1.29, 1.82) is 0 Å². The molecule has 70 valence electrons. The van der Waals surface area contributed by atoms with Gasteiger partial charge in [-0.15, -0.1) is 0 Å². The third-order valence-corrected chi connectivity index (χ3v) is 3.09. The number of piperidine rings is 1. The van der Waals surface area contributed by atoms with Crippen LogP contribution in [0.4, 0.5) is 0 Å². The SMILES string of the molecule is CCC1(C)CNCCC1C(=O)O. The highest BCUT2D eigenvalue weighted by molar-refractivity contribution is 5.71. The van der Waals surface area contributed by atoms with Gasteiger partial charge < -0.3 is 10.4 Å². The van der Waals surface area contributed by atoms with Crippen LogP contribution < -0.4 is 5.32 Å². The van der Waals surface area contributed by atoms with Crippen molar-refractivity contribution in [1.82, 2.24) is 5.32 Å². The summed E-state index contributed by atoms with van der Waals surface area (Å²) in [6, 6.07) is 0. The summed E-state index contributed by atoms with van der Waals surface area (Å²) in [5.74, 6) is -0.801. The Kier molecular flexibility index (Phi) is 2.73. The van der Waals surface area contributed by atoms with E-state index < -0.39 is 5.97 Å². The minimum Gasteiger partial charge on any atom is -0.481 e. The molecular formula is C9H17NO2. The number of carboxylic acid groups (broad SMARTS) is 1. The first kappa shape index (κ1) is 9.52. The Morgan fingerprint density at radius 1 is 1.75 bits per heavy atom. The summed E-state index contributed by atoms with van der Waals surface area (Å²) in [7, 11) is 0. The summed E-state index contributed by atoms with van der Waals surface area (Å²) in [5, 5.41) is 12.2. The van der Waals surface area contributed by atoms with E-state index in [4.69, 9.17) is 5.11 Å². The molecule has 0 aromatic rings. The Labute approximate surface area is 73.2 Å². The summed E-state index contributed by atoms with van der Waals surface area (Å²) < 4.78 is 0. The molecular weight excluding hydrogens is 154 g/mol. The van der Waals surface area contributed by atoms with E-state index >= 15 is 0 Å². The van der Waals surface area contributed by atoms with Crippen LogP contribution in [0.15, 0.2) is 0 Å². The van der Waals surface area contributed by atoms with Crippen LogP contribution in [0.25, 0.3) is 0 Å². The van der Waals surface area contributed by atoms with E-state index in [0.29, 0.717) is 0 Å². The van der Waals surface area contributed by atoms with Gasteiger partial charge in [-0.05, 0) is 24.8 Å². The molecule has 0 bridgehead atoms. The van der Waals surface area contributed by atoms with E-state index in [1.54, 1.807) is 0 Å². The van der Waals surface area contributed by atoms with E-state index in [-0.39, 0.29) is 11.3 Å². The molecule has 1 heterocycles. The monoisotopic (exact) mass is 171 g/mol. The van der Waals surface area contributed by atoms with Crippen LogP contribution in [0.3, 0.4) is 0 Å². The van der Waals surface area contributed by atoms with Crippen molar-refractivity contribution < 1.29 is 9.90 Å². The highest BCUT2D eigenvalue weighted by Crippen LogP contribution is 2.35. The lowest BCUT2D eigenvalue weighted by Gasteiger charge is -2.38. The lowest BCUT2D eigenvalue weighted by molar-refractivity contribution is -0.147. The number of nitrogens with one attached hydrogen (secondary N) is 1. The third kappa shape index (κ3) is 1.61. The zero-order valence-electron chi connectivity index (χ0n) is 7.76. The maximum absolute atomic E-state index is 10.9. The molecule has 12 heavy (non-hydrogen) atoms. The van der Waals surface area contributed by atoms with Gasteiger partial charge in [-0.1, -0.05) is 13.8 Å². The normalized spacial score (nSPS) is 36.3. The Balaban J connectivity index is 2.73. The molecule has 1 rings (SSSR count). The first-order valence-corrected chi connectivity index (χ1v) is 4.53. The van der Waals surface area contributed by atoms with Crippen molar-refractivity contribution in [3.63, 3.8) is 0 Å². The first-order chi connectivity index (χ1) is 5.60. The van der Waals surface area contributed by atoms with Crippen LogP contribution in [0.2, 0.25) is 0 Å². The van der Waals surface area contributed by atoms with Crippen LogP contribution in [-0.4, -0.2) is 24.2 Å². The zero-order valence-corrected chi connectivity index (χ0v) is 7.76. The highest BCUT2D eigenvalue weighted by Gasteiger charge is 2.39. The zero-order chi connectivity index (χ0) is 9.19. The van der Waals surface area contributed by atoms with Crippen molar-refractivity contribution >= 4 is 5.97 Å². The Morgan fingerprint density at radius 3 is 2.83 bits per heavy atom. The van der Waals surface area contributed by atoms with Gasteiger partial charge in [0, 0.05) is 6.54 Å². The maximum Gasteiger partial charge on any atom is 0.307 e. The number of hydrogen-bond donors (Lipinski definition) is 2. The molecule has 2 N–H and O–H groups in total. The summed E-state index contributed by atoms with van der Waals surface area (Å²) in [6.07, 6.45) is 1.69. The quantitative estimate of drug-likeness (QED) is 0.654. The van der Waals surface area contributed by atoms with Gasteiger partial charge in [-0.3, -0.25) is 4.79 Å². The number of carbonyl (C=O) groups is 1. The Hall–Kier alpha value is -0.570. The van der Waals surface area contributed by atoms with Gasteiger partial charge in [0.05, 0.1) is 5.92 Å². The predicted octanol–water partition coefficient (Wildman–Crippen LogP) is 1.10. The van der Waals surface area contributed by atoms with Gasteiger partial charge in [0.2, 0.25) is 0 Å². The molecule has 0 aliphatic carbocycles. The van der Waals surface area contributed by atoms with Crippen LogP contribution in [0.5, 0.6) is 0 Å². The maximum atomic E-state index is 10.9. The second kappa shape index (κ2) is 3.44. The molecule has 0 saturated carbocycles. The molecule has 3 heteroatoms. The lowest BCUT2D eigenvalue weighted by Crippen LogP contribution is -2.47. The fourth-order valence-corrected chi connectivity index (χ4v) is 1.88. The molecule has 0 aromatic heterocycles. The average molecular weight is 171 g/mol. The van der Waals surface area contributed by atoms with Gasteiger partial charge >= 0.3 is 5.97 Å². The molecule has 0 aromatic carbocycles. The van der Waals surface area contributed by atoms with Crippen molar-refractivity contribution in [2.24, 2.45) is 11.3 Å². The second-order valence-electron chi connectivity index (χ2n) is 3.86. The fourth-order valence-electron chi connectivity index (χ4n) is 1.88. The molecule has 1 aliphatic rings. The molecule has 0 radical (unpaired) electrons. The summed E-state index contributed by atoms with van der Waals surface area (Å²) >= 11 is 0. The van der Waals surface area contributed by atoms with Crippen molar-refractivity contribution in [2.45, 2.75) is 26.7 Å². The number of carboxylic acids is 1. The molecule has 1 saturated heterocycles. The van der Waals surface area contributed by atoms with E-state index in [0.717, 1.165) is 25.9 Å². The highest BCUT2D eigenvalue weighted by atomic mass is 16.4. The van der Waals surface area contributed by atoms with Gasteiger partial charge in [-0.2, -0.15) is 0 Å². The summed E-state index contributed by atoms with van der Waals surface area (Å²) in [4.78, 5) is 10.9. The smallest absolute Gasteiger partial charge is 0.307 e. The third-order valence-electron chi connectivity index (χ3n) is 3.09. The van der Waals surface area contributed by atoms with Gasteiger partial charge in [0.1, 0.15) is 0 Å². The lowest BCUT2D eigenvalue weighted by atomic mass is 9.71. The van der Waals surface area contributed by atoms with Gasteiger partial charge in [0.15, 0.2) is 0 Å². The van der Waals surface area contributed by atoms with Crippen LogP contribution in [0.1, 0.15) is 26.7 Å². The minimum atomic E-state index is -0.638. The van der Waals surface area contributed by atoms with Crippen LogP contribution >= 0.6 is 0 Å². The van der Waals surface area contributed by atoms with Crippen molar-refractivity contribution in [3.8, 4) is 0 Å². The van der Waals surface area contributed by atoms with Gasteiger partial charge in [-0.25, -0.2) is 0 Å². The van der Waals surface area contributed by atoms with Crippen LogP contribution in [-0.2, 0) is 4.79 Å². The minimum absolute atomic E-state index is 0.0515. The van der Waals surface area contributed by atoms with Crippen molar-refractivity contribution in [2.75, 3.05) is 13.1 Å². The molecule has 0 amide bonds. The Morgan fingerprint density at radius 2 is 2.42 bits per heavy atom. The fraction of sp³-hybridized carbons (Fsp3) is 0.889. The van der Waals surface area contributed by atoms with E-state index in [2.05, 4.69) is 19.2 Å². The van der Waals surface area contributed by atoms with E-state index in [9.17, 15) is 4.79 Å². The second-order valence-corrected chi connectivity index (χ2v) is 3.86. The molecule has 1 aliphatic heterocycles. The number of rotatable bonds is 2. The van der Waals surface area contributed by atoms with Crippen molar-refractivity contribution in [3.05, 3.63) is 0 Å². The molecule has 1 fully saturated rings. The molecule has 2 atom stereocenters. The van der Waals surface area contributed by atoms with E-state index in [1.165, 1.54) is 0 Å². The topological polar surface area (TPSA) is 49.3 Å². The molecule has 3 nitrogen and oxygen atoms in total. The Bertz CT molecular complexity index is 181. The summed E-state index contributed by atoms with van der Waals surface area (Å²) in [5.41, 5.74) is -0.0515. The predicted molar refractivity (Wildman–Crippen MR) is 47.0 cm³/mol. The van der Waals surface area contributed by atoms with Gasteiger partial charge in [0.25, 0.3) is 0 Å².